The maximum Gasteiger partial charge on any atom is 0.132 e. The molecular formula is C10H19NO. The van der Waals surface area contributed by atoms with Crippen molar-refractivity contribution in [2.45, 2.75) is 52.6 Å². The number of hydrogen-bond donors (Lipinski definition) is 0. The highest BCUT2D eigenvalue weighted by atomic mass is 16.6. The molecule has 1 atom stereocenters. The molecule has 0 spiro atoms. The van der Waals surface area contributed by atoms with Crippen molar-refractivity contribution in [3.8, 4) is 0 Å². The molecule has 70 valence electrons. The van der Waals surface area contributed by atoms with Gasteiger partial charge in [-0.15, -0.1) is 0 Å². The van der Waals surface area contributed by atoms with Gasteiger partial charge in [0.1, 0.15) is 6.10 Å². The zero-order valence-electron chi connectivity index (χ0n) is 8.34. The normalized spacial score (nSPS) is 22.7. The molecule has 2 heteroatoms. The van der Waals surface area contributed by atoms with Crippen LogP contribution in [0.1, 0.15) is 46.5 Å². The maximum absolute atomic E-state index is 5.32. The maximum atomic E-state index is 5.32. The fourth-order valence-corrected chi connectivity index (χ4v) is 1.38. The van der Waals surface area contributed by atoms with Gasteiger partial charge in [-0.2, -0.15) is 0 Å². The Morgan fingerprint density at radius 1 is 1.58 bits per heavy atom. The Balaban J connectivity index is 2.22. The van der Waals surface area contributed by atoms with Crippen LogP contribution in [0.3, 0.4) is 0 Å². The molecule has 0 aromatic carbocycles. The van der Waals surface area contributed by atoms with Crippen molar-refractivity contribution in [3.63, 3.8) is 0 Å². The summed E-state index contributed by atoms with van der Waals surface area (Å²) in [7, 11) is 0. The lowest BCUT2D eigenvalue weighted by Gasteiger charge is -2.06. The third kappa shape index (κ3) is 2.50. The van der Waals surface area contributed by atoms with Crippen LogP contribution in [-0.2, 0) is 4.84 Å². The quantitative estimate of drug-likeness (QED) is 0.634. The smallest absolute Gasteiger partial charge is 0.132 e. The highest BCUT2D eigenvalue weighted by Gasteiger charge is 2.21. The first-order valence-corrected chi connectivity index (χ1v) is 4.96. The predicted molar refractivity (Wildman–Crippen MR) is 51.3 cm³/mol. The second kappa shape index (κ2) is 4.48. The summed E-state index contributed by atoms with van der Waals surface area (Å²) in [5, 5.41) is 4.09. The van der Waals surface area contributed by atoms with E-state index in [0.29, 0.717) is 12.0 Å². The number of unbranched alkanes of at least 4 members (excludes halogenated alkanes) is 1. The summed E-state index contributed by atoms with van der Waals surface area (Å²) in [5.74, 6) is 0.552. The monoisotopic (exact) mass is 169 g/mol. The molecule has 1 aliphatic rings. The van der Waals surface area contributed by atoms with Gasteiger partial charge in [0.2, 0.25) is 0 Å². The number of hydrogen-bond acceptors (Lipinski definition) is 2. The van der Waals surface area contributed by atoms with Crippen LogP contribution >= 0.6 is 0 Å². The van der Waals surface area contributed by atoms with E-state index in [1.807, 2.05) is 0 Å². The van der Waals surface area contributed by atoms with Crippen LogP contribution in [0.5, 0.6) is 0 Å². The van der Waals surface area contributed by atoms with Gasteiger partial charge in [0.25, 0.3) is 0 Å². The van der Waals surface area contributed by atoms with E-state index in [0.717, 1.165) is 12.8 Å². The lowest BCUT2D eigenvalue weighted by Crippen LogP contribution is -2.10. The number of rotatable bonds is 4. The zero-order chi connectivity index (χ0) is 8.97. The van der Waals surface area contributed by atoms with E-state index in [1.54, 1.807) is 0 Å². The first-order valence-electron chi connectivity index (χ1n) is 4.96. The van der Waals surface area contributed by atoms with Gasteiger partial charge in [-0.1, -0.05) is 32.3 Å². The van der Waals surface area contributed by atoms with E-state index in [2.05, 4.69) is 25.9 Å². The molecule has 0 radical (unpaired) electrons. The zero-order valence-corrected chi connectivity index (χ0v) is 8.34. The molecule has 12 heavy (non-hydrogen) atoms. The van der Waals surface area contributed by atoms with Crippen molar-refractivity contribution >= 4 is 5.71 Å². The van der Waals surface area contributed by atoms with E-state index in [4.69, 9.17) is 4.84 Å². The average molecular weight is 169 g/mol. The lowest BCUT2D eigenvalue weighted by molar-refractivity contribution is 0.0774. The van der Waals surface area contributed by atoms with Crippen LogP contribution in [0.4, 0.5) is 0 Å². The van der Waals surface area contributed by atoms with Crippen molar-refractivity contribution in [1.82, 2.24) is 0 Å². The minimum Gasteiger partial charge on any atom is -0.392 e. The molecular weight excluding hydrogens is 150 g/mol. The minimum absolute atomic E-state index is 0.377. The van der Waals surface area contributed by atoms with Gasteiger partial charge in [0, 0.05) is 6.42 Å². The molecule has 0 saturated carbocycles. The van der Waals surface area contributed by atoms with Crippen molar-refractivity contribution in [3.05, 3.63) is 0 Å². The molecule has 0 bridgehead atoms. The van der Waals surface area contributed by atoms with Gasteiger partial charge < -0.3 is 4.84 Å². The third-order valence-corrected chi connectivity index (χ3v) is 2.30. The Labute approximate surface area is 75.0 Å². The van der Waals surface area contributed by atoms with Gasteiger partial charge in [-0.3, -0.25) is 0 Å². The Bertz CT molecular complexity index is 163. The average Bonchev–Trinajstić information content (AvgIpc) is 2.48. The Kier molecular flexibility index (Phi) is 3.57. The van der Waals surface area contributed by atoms with Crippen molar-refractivity contribution in [2.24, 2.45) is 11.1 Å². The molecule has 1 rings (SSSR count). The molecule has 1 heterocycles. The van der Waals surface area contributed by atoms with Crippen LogP contribution in [-0.4, -0.2) is 11.8 Å². The van der Waals surface area contributed by atoms with Crippen LogP contribution in [0.15, 0.2) is 5.16 Å². The first kappa shape index (κ1) is 9.56. The Morgan fingerprint density at radius 3 is 2.83 bits per heavy atom. The summed E-state index contributed by atoms with van der Waals surface area (Å²) in [6.45, 7) is 6.55. The van der Waals surface area contributed by atoms with E-state index >= 15 is 0 Å². The van der Waals surface area contributed by atoms with Gasteiger partial charge in [-0.05, 0) is 18.8 Å². The summed E-state index contributed by atoms with van der Waals surface area (Å²) in [6, 6.07) is 0. The predicted octanol–water partition coefficient (Wildman–Crippen LogP) is 2.98. The second-order valence-corrected chi connectivity index (χ2v) is 3.81. The number of nitrogens with zero attached hydrogens (tertiary/aromatic N) is 1. The molecule has 0 saturated heterocycles. The molecule has 0 N–H and O–H groups in total. The number of oxime groups is 1. The summed E-state index contributed by atoms with van der Waals surface area (Å²) in [4.78, 5) is 5.32. The molecule has 1 unspecified atom stereocenters. The van der Waals surface area contributed by atoms with Gasteiger partial charge in [0.15, 0.2) is 0 Å². The summed E-state index contributed by atoms with van der Waals surface area (Å²) >= 11 is 0. The van der Waals surface area contributed by atoms with E-state index in [1.165, 1.54) is 18.6 Å². The molecule has 0 fully saturated rings. The minimum atomic E-state index is 0.377. The largest absolute Gasteiger partial charge is 0.392 e. The van der Waals surface area contributed by atoms with Crippen LogP contribution < -0.4 is 0 Å². The molecule has 1 aliphatic heterocycles. The highest BCUT2D eigenvalue weighted by molar-refractivity contribution is 5.87. The van der Waals surface area contributed by atoms with Gasteiger partial charge in [0.05, 0.1) is 5.71 Å². The van der Waals surface area contributed by atoms with E-state index in [9.17, 15) is 0 Å². The molecule has 2 nitrogen and oxygen atoms in total. The first-order chi connectivity index (χ1) is 5.74. The van der Waals surface area contributed by atoms with Crippen LogP contribution in [0.25, 0.3) is 0 Å². The topological polar surface area (TPSA) is 21.6 Å². The van der Waals surface area contributed by atoms with E-state index in [-0.39, 0.29) is 0 Å². The fraction of sp³-hybridized carbons (Fsp3) is 0.900. The van der Waals surface area contributed by atoms with Crippen LogP contribution in [0.2, 0.25) is 0 Å². The molecule has 0 aliphatic carbocycles. The van der Waals surface area contributed by atoms with Crippen LogP contribution in [0, 0.1) is 5.92 Å². The van der Waals surface area contributed by atoms with Crippen molar-refractivity contribution in [2.75, 3.05) is 0 Å². The molecule has 0 aromatic heterocycles. The Hall–Kier alpha value is -0.530. The van der Waals surface area contributed by atoms with Crippen molar-refractivity contribution < 1.29 is 4.84 Å². The second-order valence-electron chi connectivity index (χ2n) is 3.81. The summed E-state index contributed by atoms with van der Waals surface area (Å²) in [5.41, 5.74) is 1.23. The SMILES string of the molecule is CCCCC1CC(C(C)C)=NO1. The summed E-state index contributed by atoms with van der Waals surface area (Å²) in [6.07, 6.45) is 5.10. The van der Waals surface area contributed by atoms with Gasteiger partial charge >= 0.3 is 0 Å². The highest BCUT2D eigenvalue weighted by Crippen LogP contribution is 2.19. The van der Waals surface area contributed by atoms with Gasteiger partial charge in [-0.25, -0.2) is 0 Å². The molecule has 0 amide bonds. The Morgan fingerprint density at radius 2 is 2.33 bits per heavy atom. The summed E-state index contributed by atoms with van der Waals surface area (Å²) < 4.78 is 0. The van der Waals surface area contributed by atoms with E-state index < -0.39 is 0 Å². The standard InChI is InChI=1S/C10H19NO/c1-4-5-6-9-7-10(8(2)3)11-12-9/h8-9H,4-7H2,1-3H3. The third-order valence-electron chi connectivity index (χ3n) is 2.30. The molecule has 0 aromatic rings. The lowest BCUT2D eigenvalue weighted by atomic mass is 10.0. The van der Waals surface area contributed by atoms with Crippen molar-refractivity contribution in [1.29, 1.82) is 0 Å². The fourth-order valence-electron chi connectivity index (χ4n) is 1.38.